The van der Waals surface area contributed by atoms with Gasteiger partial charge in [0.05, 0.1) is 30.4 Å². The van der Waals surface area contributed by atoms with Crippen molar-refractivity contribution in [3.63, 3.8) is 0 Å². The van der Waals surface area contributed by atoms with Crippen LogP contribution in [-0.2, 0) is 40.4 Å². The Labute approximate surface area is 241 Å². The van der Waals surface area contributed by atoms with Gasteiger partial charge in [0.25, 0.3) is 5.91 Å². The van der Waals surface area contributed by atoms with Gasteiger partial charge in [-0.15, -0.1) is 0 Å². The van der Waals surface area contributed by atoms with Gasteiger partial charge in [-0.25, -0.2) is 0 Å². The predicted molar refractivity (Wildman–Crippen MR) is 162 cm³/mol. The van der Waals surface area contributed by atoms with Crippen LogP contribution in [0.15, 0.2) is 42.5 Å². The summed E-state index contributed by atoms with van der Waals surface area (Å²) in [7, 11) is 4.02. The van der Waals surface area contributed by atoms with E-state index in [2.05, 4.69) is 57.2 Å². The molecule has 4 aromatic rings. The average Bonchev–Trinajstić information content (AvgIpc) is 3.61. The van der Waals surface area contributed by atoms with Gasteiger partial charge >= 0.3 is 5.97 Å². The maximum absolute atomic E-state index is 13.3. The van der Waals surface area contributed by atoms with Crippen molar-refractivity contribution >= 4 is 33.7 Å². The molecule has 1 N–H and O–H groups in total. The monoisotopic (exact) mass is 553 g/mol. The zero-order chi connectivity index (χ0) is 28.7. The predicted octanol–water partition coefficient (Wildman–Crippen LogP) is 5.81. The summed E-state index contributed by atoms with van der Waals surface area (Å²) in [6.07, 6.45) is 2.89. The SMILES string of the molecule is CC(C)OCc1ccc2c(c1)c1c3c(c4c(c1n2CCCOC(=O)CCCN(C)C)Cc1ccccc1-4)C(=O)NC3. The van der Waals surface area contributed by atoms with Crippen LogP contribution >= 0.6 is 0 Å². The molecular formula is C34H39N3O4. The second-order valence-electron chi connectivity index (χ2n) is 11.8. The van der Waals surface area contributed by atoms with Crippen LogP contribution in [0.4, 0.5) is 0 Å². The topological polar surface area (TPSA) is 72.8 Å². The summed E-state index contributed by atoms with van der Waals surface area (Å²) in [6, 6.07) is 15.0. The van der Waals surface area contributed by atoms with E-state index in [4.69, 9.17) is 9.47 Å². The summed E-state index contributed by atoms with van der Waals surface area (Å²) in [4.78, 5) is 27.6. The largest absolute Gasteiger partial charge is 0.466 e. The molecule has 0 unspecified atom stereocenters. The van der Waals surface area contributed by atoms with Crippen LogP contribution in [0, 0.1) is 0 Å². The second kappa shape index (κ2) is 11.3. The van der Waals surface area contributed by atoms with Crippen LogP contribution in [0.2, 0.25) is 0 Å². The van der Waals surface area contributed by atoms with Gasteiger partial charge in [0.15, 0.2) is 0 Å². The summed E-state index contributed by atoms with van der Waals surface area (Å²) in [6.45, 7) is 7.13. The van der Waals surface area contributed by atoms with Crippen molar-refractivity contribution in [1.82, 2.24) is 14.8 Å². The van der Waals surface area contributed by atoms with Crippen molar-refractivity contribution in [3.8, 4) is 11.1 Å². The number of fused-ring (bicyclic) bond motifs is 10. The molecule has 6 rings (SSSR count). The van der Waals surface area contributed by atoms with Crippen LogP contribution in [-0.4, -0.2) is 54.7 Å². The molecule has 0 radical (unpaired) electrons. The van der Waals surface area contributed by atoms with E-state index in [9.17, 15) is 9.59 Å². The molecule has 41 heavy (non-hydrogen) atoms. The maximum Gasteiger partial charge on any atom is 0.305 e. The summed E-state index contributed by atoms with van der Waals surface area (Å²) in [5.41, 5.74) is 10.1. The molecule has 2 aliphatic rings. The first kappa shape index (κ1) is 27.5. The van der Waals surface area contributed by atoms with Gasteiger partial charge in [0.1, 0.15) is 0 Å². The molecule has 0 bridgehead atoms. The standard InChI is InChI=1S/C34H39N3O4/c1-21(2)41-20-22-12-13-28-25(17-22)31-27-19-35-34(39)32(27)30-24-10-6-5-9-23(24)18-26(30)33(31)37(28)15-8-16-40-29(38)11-7-14-36(3)4/h5-6,9-10,12-13,17,21H,7-8,11,14-16,18-20H2,1-4H3,(H,35,39). The van der Waals surface area contributed by atoms with Crippen molar-refractivity contribution in [2.24, 2.45) is 0 Å². The first-order valence-electron chi connectivity index (χ1n) is 14.7. The van der Waals surface area contributed by atoms with Crippen molar-refractivity contribution in [2.75, 3.05) is 27.2 Å². The fourth-order valence-corrected chi connectivity index (χ4v) is 6.43. The van der Waals surface area contributed by atoms with Crippen molar-refractivity contribution in [2.45, 2.75) is 65.3 Å². The molecule has 3 aromatic carbocycles. The minimum absolute atomic E-state index is 0.0104. The lowest BCUT2D eigenvalue weighted by Crippen LogP contribution is -2.15. The lowest BCUT2D eigenvalue weighted by atomic mass is 9.92. The van der Waals surface area contributed by atoms with Gasteiger partial charge in [0.2, 0.25) is 0 Å². The number of carbonyl (C=O) groups is 2. The number of aryl methyl sites for hydroxylation is 1. The molecule has 7 nitrogen and oxygen atoms in total. The van der Waals surface area contributed by atoms with E-state index < -0.39 is 0 Å². The molecule has 214 valence electrons. The molecular weight excluding hydrogens is 514 g/mol. The van der Waals surface area contributed by atoms with Crippen molar-refractivity contribution in [1.29, 1.82) is 0 Å². The highest BCUT2D eigenvalue weighted by molar-refractivity contribution is 6.20. The lowest BCUT2D eigenvalue weighted by Gasteiger charge is -2.14. The molecule has 0 saturated heterocycles. The molecule has 1 aromatic heterocycles. The maximum atomic E-state index is 13.3. The highest BCUT2D eigenvalue weighted by atomic mass is 16.5. The van der Waals surface area contributed by atoms with Crippen molar-refractivity contribution < 1.29 is 19.1 Å². The lowest BCUT2D eigenvalue weighted by molar-refractivity contribution is -0.143. The molecule has 2 heterocycles. The first-order valence-corrected chi connectivity index (χ1v) is 14.7. The van der Waals surface area contributed by atoms with E-state index in [1.54, 1.807) is 0 Å². The van der Waals surface area contributed by atoms with Crippen LogP contribution in [0.1, 0.15) is 65.7 Å². The average molecular weight is 554 g/mol. The summed E-state index contributed by atoms with van der Waals surface area (Å²) < 4.78 is 13.9. The van der Waals surface area contributed by atoms with E-state index in [0.29, 0.717) is 32.6 Å². The third-order valence-corrected chi connectivity index (χ3v) is 8.23. The van der Waals surface area contributed by atoms with Crippen molar-refractivity contribution in [3.05, 3.63) is 70.3 Å². The van der Waals surface area contributed by atoms with Crippen LogP contribution in [0.25, 0.3) is 32.9 Å². The van der Waals surface area contributed by atoms with E-state index in [1.807, 2.05) is 27.9 Å². The Morgan fingerprint density at radius 3 is 2.71 bits per heavy atom. The fraction of sp³-hybridized carbons (Fsp3) is 0.412. The molecule has 0 fully saturated rings. The molecule has 1 amide bonds. The van der Waals surface area contributed by atoms with Crippen LogP contribution in [0.3, 0.4) is 0 Å². The number of ether oxygens (including phenoxy) is 2. The Morgan fingerprint density at radius 1 is 1.07 bits per heavy atom. The van der Waals surface area contributed by atoms with E-state index in [-0.39, 0.29) is 18.0 Å². The number of amides is 1. The Hall–Kier alpha value is -3.68. The minimum atomic E-state index is -0.136. The first-order chi connectivity index (χ1) is 19.8. The van der Waals surface area contributed by atoms with Crippen LogP contribution in [0.5, 0.6) is 0 Å². The second-order valence-corrected chi connectivity index (χ2v) is 11.8. The number of aromatic nitrogens is 1. The summed E-state index contributed by atoms with van der Waals surface area (Å²) >= 11 is 0. The number of hydrogen-bond donors (Lipinski definition) is 1. The number of nitrogens with zero attached hydrogens (tertiary/aromatic N) is 2. The van der Waals surface area contributed by atoms with Gasteiger partial charge in [-0.2, -0.15) is 0 Å². The smallest absolute Gasteiger partial charge is 0.305 e. The van der Waals surface area contributed by atoms with Crippen LogP contribution < -0.4 is 5.32 Å². The number of benzene rings is 3. The Bertz CT molecular complexity index is 1650. The highest BCUT2D eigenvalue weighted by Gasteiger charge is 2.35. The van der Waals surface area contributed by atoms with Gasteiger partial charge in [-0.3, -0.25) is 9.59 Å². The zero-order valence-electron chi connectivity index (χ0n) is 24.5. The normalized spacial score (nSPS) is 13.8. The third-order valence-electron chi connectivity index (χ3n) is 8.23. The number of hydrogen-bond acceptors (Lipinski definition) is 5. The van der Waals surface area contributed by atoms with Gasteiger partial charge in [-0.1, -0.05) is 30.3 Å². The van der Waals surface area contributed by atoms with E-state index >= 15 is 0 Å². The molecule has 1 aliphatic heterocycles. The molecule has 0 saturated carbocycles. The molecule has 1 aliphatic carbocycles. The quantitative estimate of drug-likeness (QED) is 0.165. The zero-order valence-corrected chi connectivity index (χ0v) is 24.5. The Morgan fingerprint density at radius 2 is 1.90 bits per heavy atom. The number of esters is 1. The van der Waals surface area contributed by atoms with E-state index in [1.165, 1.54) is 16.6 Å². The van der Waals surface area contributed by atoms with E-state index in [0.717, 1.165) is 70.0 Å². The Balaban J connectivity index is 1.42. The van der Waals surface area contributed by atoms with Gasteiger partial charge < -0.3 is 24.3 Å². The number of nitrogens with one attached hydrogen (secondary N) is 1. The number of rotatable bonds is 11. The minimum Gasteiger partial charge on any atom is -0.466 e. The Kier molecular flexibility index (Phi) is 7.58. The highest BCUT2D eigenvalue weighted by Crippen LogP contribution is 2.48. The summed E-state index contributed by atoms with van der Waals surface area (Å²) in [5.74, 6) is -0.126. The van der Waals surface area contributed by atoms with Gasteiger partial charge in [-0.05, 0) is 87.3 Å². The summed E-state index contributed by atoms with van der Waals surface area (Å²) in [5, 5.41) is 5.43. The fourth-order valence-electron chi connectivity index (χ4n) is 6.43. The number of carbonyl (C=O) groups excluding carboxylic acids is 2. The molecule has 0 atom stereocenters. The molecule has 0 spiro atoms. The van der Waals surface area contributed by atoms with Gasteiger partial charge in [0, 0.05) is 47.8 Å². The molecule has 7 heteroatoms. The third kappa shape index (κ3) is 5.13.